The molecule has 1 aliphatic rings. The summed E-state index contributed by atoms with van der Waals surface area (Å²) in [5.74, 6) is 0. The van der Waals surface area contributed by atoms with Gasteiger partial charge >= 0.3 is 0 Å². The van der Waals surface area contributed by atoms with Crippen LogP contribution in [0.5, 0.6) is 0 Å². The van der Waals surface area contributed by atoms with Crippen molar-refractivity contribution in [2.45, 2.75) is 37.5 Å². The predicted octanol–water partition coefficient (Wildman–Crippen LogP) is 2.58. The number of nitrogens with one attached hydrogen (secondary N) is 1. The molecule has 1 fully saturated rings. The average molecular weight is 354 g/mol. The third-order valence-electron chi connectivity index (χ3n) is 3.94. The maximum absolute atomic E-state index is 12.9. The molecule has 1 N–H and O–H groups in total. The summed E-state index contributed by atoms with van der Waals surface area (Å²) in [5, 5.41) is 4.27. The van der Waals surface area contributed by atoms with Crippen molar-refractivity contribution in [3.63, 3.8) is 0 Å². The summed E-state index contributed by atoms with van der Waals surface area (Å²) in [5.41, 5.74) is 0.843. The first-order valence-corrected chi connectivity index (χ1v) is 10.2. The molecule has 2 heterocycles. The van der Waals surface area contributed by atoms with E-state index in [0.29, 0.717) is 24.5 Å². The molecule has 0 bridgehead atoms. The van der Waals surface area contributed by atoms with Gasteiger partial charge in [-0.2, -0.15) is 4.31 Å². The number of sulfonamides is 1. The molecule has 126 valence electrons. The van der Waals surface area contributed by atoms with E-state index in [1.165, 1.54) is 0 Å². The van der Waals surface area contributed by atoms with Crippen LogP contribution in [-0.2, 0) is 15.4 Å². The van der Waals surface area contributed by atoms with Crippen LogP contribution in [0.3, 0.4) is 0 Å². The minimum absolute atomic E-state index is 0.0286. The number of rotatable bonds is 2. The van der Waals surface area contributed by atoms with Gasteiger partial charge in [0.15, 0.2) is 0 Å². The van der Waals surface area contributed by atoms with Gasteiger partial charge in [-0.05, 0) is 31.2 Å². The monoisotopic (exact) mass is 353 g/mol. The van der Waals surface area contributed by atoms with Crippen LogP contribution < -0.4 is 5.32 Å². The third-order valence-corrected chi connectivity index (χ3v) is 7.28. The summed E-state index contributed by atoms with van der Waals surface area (Å²) in [6.45, 7) is 9.02. The van der Waals surface area contributed by atoms with Gasteiger partial charge in [0.25, 0.3) is 0 Å². The van der Waals surface area contributed by atoms with E-state index >= 15 is 0 Å². The molecule has 1 aromatic heterocycles. The first kappa shape index (κ1) is 16.8. The van der Waals surface area contributed by atoms with Crippen LogP contribution in [0.2, 0.25) is 0 Å². The first-order chi connectivity index (χ1) is 10.8. The number of thiazole rings is 1. The lowest BCUT2D eigenvalue weighted by Crippen LogP contribution is -2.34. The van der Waals surface area contributed by atoms with E-state index in [1.807, 2.05) is 6.07 Å². The smallest absolute Gasteiger partial charge is 0.243 e. The van der Waals surface area contributed by atoms with Crippen molar-refractivity contribution in [1.29, 1.82) is 0 Å². The summed E-state index contributed by atoms with van der Waals surface area (Å²) >= 11 is 1.58. The number of hydrogen-bond donors (Lipinski definition) is 1. The Labute approximate surface area is 141 Å². The molecule has 5 nitrogen and oxygen atoms in total. The van der Waals surface area contributed by atoms with Gasteiger partial charge in [-0.25, -0.2) is 13.4 Å². The van der Waals surface area contributed by atoms with Gasteiger partial charge in [-0.15, -0.1) is 11.3 Å². The Morgan fingerprint density at radius 1 is 1.22 bits per heavy atom. The van der Waals surface area contributed by atoms with E-state index in [9.17, 15) is 8.42 Å². The Morgan fingerprint density at radius 3 is 2.74 bits per heavy atom. The first-order valence-electron chi connectivity index (χ1n) is 7.90. The van der Waals surface area contributed by atoms with Gasteiger partial charge in [-0.3, -0.25) is 0 Å². The van der Waals surface area contributed by atoms with Gasteiger partial charge in [0.05, 0.1) is 20.1 Å². The SMILES string of the molecule is CC(C)(C)c1nc2ccc(S(=O)(=O)N3CCCNCC3)cc2s1. The lowest BCUT2D eigenvalue weighted by Gasteiger charge is -2.19. The fourth-order valence-electron chi connectivity index (χ4n) is 2.60. The number of benzene rings is 1. The second kappa shape index (κ2) is 6.12. The summed E-state index contributed by atoms with van der Waals surface area (Å²) in [6.07, 6.45) is 0.843. The normalized spacial score (nSPS) is 18.2. The number of nitrogens with zero attached hydrogens (tertiary/aromatic N) is 2. The molecule has 0 saturated carbocycles. The van der Waals surface area contributed by atoms with Gasteiger partial charge in [0.2, 0.25) is 10.0 Å². The molecule has 0 aliphatic carbocycles. The lowest BCUT2D eigenvalue weighted by atomic mass is 9.98. The molecule has 2 aromatic rings. The minimum atomic E-state index is -3.43. The Kier molecular flexibility index (Phi) is 4.48. The molecule has 1 aromatic carbocycles. The van der Waals surface area contributed by atoms with Crippen LogP contribution in [0.15, 0.2) is 23.1 Å². The van der Waals surface area contributed by atoms with Crippen molar-refractivity contribution >= 4 is 31.6 Å². The van der Waals surface area contributed by atoms with Crippen LogP contribution in [0.25, 0.3) is 10.2 Å². The van der Waals surface area contributed by atoms with Gasteiger partial charge in [0, 0.05) is 25.0 Å². The van der Waals surface area contributed by atoms with Gasteiger partial charge < -0.3 is 5.32 Å². The van der Waals surface area contributed by atoms with Gasteiger partial charge in [-0.1, -0.05) is 20.8 Å². The second-order valence-corrected chi connectivity index (χ2v) is 9.87. The molecule has 0 amide bonds. The molecular formula is C16H23N3O2S2. The van der Waals surface area contributed by atoms with Gasteiger partial charge in [0.1, 0.15) is 0 Å². The zero-order chi connectivity index (χ0) is 16.7. The maximum atomic E-state index is 12.9. The molecule has 1 aliphatic heterocycles. The predicted molar refractivity (Wildman–Crippen MR) is 94.6 cm³/mol. The second-order valence-electron chi connectivity index (χ2n) is 6.91. The lowest BCUT2D eigenvalue weighted by molar-refractivity contribution is 0.432. The van der Waals surface area contributed by atoms with Crippen molar-refractivity contribution in [1.82, 2.24) is 14.6 Å². The topological polar surface area (TPSA) is 62.3 Å². The van der Waals surface area contributed by atoms with E-state index in [4.69, 9.17) is 0 Å². The minimum Gasteiger partial charge on any atom is -0.315 e. The molecule has 0 atom stereocenters. The highest BCUT2D eigenvalue weighted by Gasteiger charge is 2.26. The standard InChI is InChI=1S/C16H23N3O2S2/c1-16(2,3)15-18-13-6-5-12(11-14(13)22-15)23(20,21)19-9-4-7-17-8-10-19/h5-6,11,17H,4,7-10H2,1-3H3. The summed E-state index contributed by atoms with van der Waals surface area (Å²) in [7, 11) is -3.43. The largest absolute Gasteiger partial charge is 0.315 e. The van der Waals surface area contributed by atoms with Crippen LogP contribution in [0, 0.1) is 0 Å². The molecule has 0 radical (unpaired) electrons. The Morgan fingerprint density at radius 2 is 2.00 bits per heavy atom. The van der Waals surface area contributed by atoms with E-state index in [0.717, 1.165) is 28.2 Å². The quantitative estimate of drug-likeness (QED) is 0.901. The molecule has 7 heteroatoms. The van der Waals surface area contributed by atoms with Crippen LogP contribution in [0.1, 0.15) is 32.2 Å². The highest BCUT2D eigenvalue weighted by Crippen LogP contribution is 2.32. The molecular weight excluding hydrogens is 330 g/mol. The van der Waals surface area contributed by atoms with Crippen molar-refractivity contribution in [3.05, 3.63) is 23.2 Å². The van der Waals surface area contributed by atoms with Crippen LogP contribution in [0.4, 0.5) is 0 Å². The summed E-state index contributed by atoms with van der Waals surface area (Å²) in [4.78, 5) is 5.01. The molecule has 23 heavy (non-hydrogen) atoms. The van der Waals surface area contributed by atoms with E-state index in [1.54, 1.807) is 27.8 Å². The number of aromatic nitrogens is 1. The zero-order valence-electron chi connectivity index (χ0n) is 13.8. The highest BCUT2D eigenvalue weighted by molar-refractivity contribution is 7.89. The van der Waals surface area contributed by atoms with Crippen molar-refractivity contribution in [3.8, 4) is 0 Å². The fraction of sp³-hybridized carbons (Fsp3) is 0.562. The highest BCUT2D eigenvalue weighted by atomic mass is 32.2. The Bertz CT molecular complexity index is 798. The summed E-state index contributed by atoms with van der Waals surface area (Å²) < 4.78 is 28.3. The zero-order valence-corrected chi connectivity index (χ0v) is 15.4. The maximum Gasteiger partial charge on any atom is 0.243 e. The van der Waals surface area contributed by atoms with E-state index in [-0.39, 0.29) is 5.41 Å². The molecule has 0 unspecified atom stereocenters. The number of fused-ring (bicyclic) bond motifs is 1. The van der Waals surface area contributed by atoms with Crippen molar-refractivity contribution < 1.29 is 8.42 Å². The third kappa shape index (κ3) is 3.42. The van der Waals surface area contributed by atoms with Crippen molar-refractivity contribution in [2.75, 3.05) is 26.2 Å². The number of hydrogen-bond acceptors (Lipinski definition) is 5. The average Bonchev–Trinajstić information content (AvgIpc) is 2.72. The van der Waals surface area contributed by atoms with Crippen LogP contribution in [-0.4, -0.2) is 43.9 Å². The fourth-order valence-corrected chi connectivity index (χ4v) is 5.24. The van der Waals surface area contributed by atoms with Crippen LogP contribution >= 0.6 is 11.3 Å². The molecule has 3 rings (SSSR count). The molecule has 0 spiro atoms. The summed E-state index contributed by atoms with van der Waals surface area (Å²) in [6, 6.07) is 5.28. The molecule has 1 saturated heterocycles. The van der Waals surface area contributed by atoms with E-state index in [2.05, 4.69) is 31.1 Å². The van der Waals surface area contributed by atoms with E-state index < -0.39 is 10.0 Å². The van der Waals surface area contributed by atoms with Crippen molar-refractivity contribution in [2.24, 2.45) is 0 Å². The Hall–Kier alpha value is -1.02. The Balaban J connectivity index is 1.98.